The van der Waals surface area contributed by atoms with Gasteiger partial charge in [0.2, 0.25) is 0 Å². The lowest BCUT2D eigenvalue weighted by Gasteiger charge is -2.28. The lowest BCUT2D eigenvalue weighted by Crippen LogP contribution is -2.30. The van der Waals surface area contributed by atoms with Gasteiger partial charge < -0.3 is 9.80 Å². The van der Waals surface area contributed by atoms with Crippen molar-refractivity contribution in [3.63, 3.8) is 0 Å². The number of hydrogen-bond donors (Lipinski definition) is 0. The molecule has 0 radical (unpaired) electrons. The Morgan fingerprint density at radius 1 is 1.00 bits per heavy atom. The second kappa shape index (κ2) is 10.8. The van der Waals surface area contributed by atoms with E-state index in [-0.39, 0.29) is 5.92 Å². The van der Waals surface area contributed by atoms with Gasteiger partial charge in [-0.15, -0.1) is 0 Å². The van der Waals surface area contributed by atoms with Crippen LogP contribution in [-0.2, 0) is 4.79 Å². The zero-order valence-electron chi connectivity index (χ0n) is 16.0. The summed E-state index contributed by atoms with van der Waals surface area (Å²) >= 11 is 0. The zero-order chi connectivity index (χ0) is 17.3. The fourth-order valence-electron chi connectivity index (χ4n) is 2.37. The number of ketones is 1. The van der Waals surface area contributed by atoms with Gasteiger partial charge in [-0.1, -0.05) is 27.4 Å². The minimum atomic E-state index is 0.166. The predicted molar refractivity (Wildman–Crippen MR) is 97.0 cm³/mol. The number of allylic oxidation sites excluding steroid dienone is 1. The standard InChI is InChI=1S/C19H38N2O/c1-15(2)19(22)12-9-11-17(5)18(6)21(8)14-10-13-20(7)16(3)4/h15-17H,6,9-14H2,1-5,7-8H3. The van der Waals surface area contributed by atoms with Crippen LogP contribution in [-0.4, -0.2) is 48.8 Å². The van der Waals surface area contributed by atoms with Gasteiger partial charge in [0.05, 0.1) is 0 Å². The molecule has 0 aromatic rings. The first-order valence-electron chi connectivity index (χ1n) is 8.79. The molecule has 0 aliphatic heterocycles. The van der Waals surface area contributed by atoms with Crippen molar-refractivity contribution in [3.05, 3.63) is 12.3 Å². The summed E-state index contributed by atoms with van der Waals surface area (Å²) in [6, 6.07) is 0.603. The van der Waals surface area contributed by atoms with Gasteiger partial charge in [0.15, 0.2) is 0 Å². The molecule has 0 aromatic heterocycles. The predicted octanol–water partition coefficient (Wildman–Crippen LogP) is 4.19. The topological polar surface area (TPSA) is 23.6 Å². The van der Waals surface area contributed by atoms with Gasteiger partial charge in [-0.3, -0.25) is 4.79 Å². The fourth-order valence-corrected chi connectivity index (χ4v) is 2.37. The van der Waals surface area contributed by atoms with Crippen molar-refractivity contribution in [2.45, 2.75) is 66.3 Å². The number of carbonyl (C=O) groups is 1. The average molecular weight is 311 g/mol. The first-order chi connectivity index (χ1) is 10.2. The van der Waals surface area contributed by atoms with Crippen molar-refractivity contribution in [1.82, 2.24) is 9.80 Å². The summed E-state index contributed by atoms with van der Waals surface area (Å²) in [5, 5.41) is 0. The van der Waals surface area contributed by atoms with E-state index in [0.717, 1.165) is 32.4 Å². The minimum Gasteiger partial charge on any atom is -0.378 e. The second-order valence-electron chi connectivity index (χ2n) is 7.26. The molecule has 0 spiro atoms. The van der Waals surface area contributed by atoms with Crippen LogP contribution in [0.5, 0.6) is 0 Å². The molecule has 1 atom stereocenters. The van der Waals surface area contributed by atoms with Crippen molar-refractivity contribution in [3.8, 4) is 0 Å². The molecule has 0 amide bonds. The Hall–Kier alpha value is -0.830. The van der Waals surface area contributed by atoms with Gasteiger partial charge in [0, 0.05) is 37.7 Å². The number of rotatable bonds is 12. The van der Waals surface area contributed by atoms with Gasteiger partial charge in [0.25, 0.3) is 0 Å². The van der Waals surface area contributed by atoms with Gasteiger partial charge in [-0.25, -0.2) is 0 Å². The molecule has 0 saturated carbocycles. The van der Waals surface area contributed by atoms with Gasteiger partial charge >= 0.3 is 0 Å². The molecule has 0 rings (SSSR count). The Morgan fingerprint density at radius 2 is 1.59 bits per heavy atom. The Balaban J connectivity index is 3.98. The van der Waals surface area contributed by atoms with E-state index in [0.29, 0.717) is 24.2 Å². The van der Waals surface area contributed by atoms with E-state index >= 15 is 0 Å². The zero-order valence-corrected chi connectivity index (χ0v) is 16.0. The molecule has 0 fully saturated rings. The van der Waals surface area contributed by atoms with Crippen molar-refractivity contribution >= 4 is 5.78 Å². The van der Waals surface area contributed by atoms with Crippen LogP contribution in [0.1, 0.15) is 60.3 Å². The molecule has 1 unspecified atom stereocenters. The lowest BCUT2D eigenvalue weighted by molar-refractivity contribution is -0.122. The van der Waals surface area contributed by atoms with Crippen LogP contribution in [0.3, 0.4) is 0 Å². The summed E-state index contributed by atoms with van der Waals surface area (Å²) in [5.74, 6) is 0.995. The van der Waals surface area contributed by atoms with Gasteiger partial charge in [-0.05, 0) is 52.6 Å². The van der Waals surface area contributed by atoms with E-state index in [1.807, 2.05) is 13.8 Å². The third kappa shape index (κ3) is 8.57. The lowest BCUT2D eigenvalue weighted by atomic mass is 9.97. The number of carbonyl (C=O) groups excluding carboxylic acids is 1. The third-order valence-corrected chi connectivity index (χ3v) is 4.65. The van der Waals surface area contributed by atoms with E-state index in [9.17, 15) is 4.79 Å². The maximum atomic E-state index is 11.7. The number of Topliss-reactive ketones (excluding diaryl/α,β-unsaturated/α-hetero) is 1. The molecule has 0 N–H and O–H groups in total. The van der Waals surface area contributed by atoms with Crippen molar-refractivity contribution in [1.29, 1.82) is 0 Å². The molecule has 0 bridgehead atoms. The number of hydrogen-bond acceptors (Lipinski definition) is 3. The van der Waals surface area contributed by atoms with Crippen LogP contribution >= 0.6 is 0 Å². The molecule has 3 heteroatoms. The summed E-state index contributed by atoms with van der Waals surface area (Å²) in [6.45, 7) is 17.0. The van der Waals surface area contributed by atoms with Crippen LogP contribution in [0.25, 0.3) is 0 Å². The molecule has 0 saturated heterocycles. The molecular weight excluding hydrogens is 272 g/mol. The largest absolute Gasteiger partial charge is 0.378 e. The maximum absolute atomic E-state index is 11.7. The SMILES string of the molecule is C=C(C(C)CCCC(=O)C(C)C)N(C)CCCN(C)C(C)C. The quantitative estimate of drug-likeness (QED) is 0.540. The third-order valence-electron chi connectivity index (χ3n) is 4.65. The second-order valence-corrected chi connectivity index (χ2v) is 7.26. The Morgan fingerprint density at radius 3 is 2.09 bits per heavy atom. The summed E-state index contributed by atoms with van der Waals surface area (Å²) in [7, 11) is 4.31. The fraction of sp³-hybridized carbons (Fsp3) is 0.842. The summed E-state index contributed by atoms with van der Waals surface area (Å²) in [6.07, 6.45) is 3.88. The van der Waals surface area contributed by atoms with Crippen molar-refractivity contribution in [2.75, 3.05) is 27.2 Å². The molecular formula is C19H38N2O. The van der Waals surface area contributed by atoms with Crippen LogP contribution < -0.4 is 0 Å². The summed E-state index contributed by atoms with van der Waals surface area (Å²) < 4.78 is 0. The van der Waals surface area contributed by atoms with Crippen LogP contribution in [0.2, 0.25) is 0 Å². The smallest absolute Gasteiger partial charge is 0.135 e. The highest BCUT2D eigenvalue weighted by Crippen LogP contribution is 2.19. The molecule has 0 aromatic carbocycles. The summed E-state index contributed by atoms with van der Waals surface area (Å²) in [5.41, 5.74) is 1.20. The highest BCUT2D eigenvalue weighted by molar-refractivity contribution is 5.80. The first-order valence-corrected chi connectivity index (χ1v) is 8.79. The molecule has 3 nitrogen and oxygen atoms in total. The molecule has 130 valence electrons. The van der Waals surface area contributed by atoms with E-state index in [1.165, 1.54) is 5.70 Å². The van der Waals surface area contributed by atoms with Gasteiger partial charge in [-0.2, -0.15) is 0 Å². The maximum Gasteiger partial charge on any atom is 0.135 e. The Kier molecular flexibility index (Phi) is 10.4. The Labute approximate surface area is 138 Å². The minimum absolute atomic E-state index is 0.166. The highest BCUT2D eigenvalue weighted by Gasteiger charge is 2.13. The first kappa shape index (κ1) is 21.2. The molecule has 22 heavy (non-hydrogen) atoms. The van der Waals surface area contributed by atoms with E-state index in [4.69, 9.17) is 0 Å². The van der Waals surface area contributed by atoms with Crippen molar-refractivity contribution in [2.24, 2.45) is 11.8 Å². The van der Waals surface area contributed by atoms with E-state index in [2.05, 4.69) is 51.2 Å². The van der Waals surface area contributed by atoms with Crippen LogP contribution in [0.15, 0.2) is 12.3 Å². The molecule has 0 aliphatic carbocycles. The Bertz CT molecular complexity index is 336. The number of nitrogens with zero attached hydrogens (tertiary/aromatic N) is 2. The van der Waals surface area contributed by atoms with Crippen molar-refractivity contribution < 1.29 is 4.79 Å². The molecule has 0 heterocycles. The molecule has 0 aliphatic rings. The van der Waals surface area contributed by atoms with Crippen LogP contribution in [0, 0.1) is 11.8 Å². The monoisotopic (exact) mass is 310 g/mol. The van der Waals surface area contributed by atoms with Gasteiger partial charge in [0.1, 0.15) is 5.78 Å². The highest BCUT2D eigenvalue weighted by atomic mass is 16.1. The van der Waals surface area contributed by atoms with E-state index in [1.54, 1.807) is 0 Å². The summed E-state index contributed by atoms with van der Waals surface area (Å²) in [4.78, 5) is 16.3. The van der Waals surface area contributed by atoms with Crippen LogP contribution in [0.4, 0.5) is 0 Å². The van der Waals surface area contributed by atoms with E-state index < -0.39 is 0 Å². The normalized spacial score (nSPS) is 13.0. The average Bonchev–Trinajstić information content (AvgIpc) is 2.45.